The second kappa shape index (κ2) is 7.59. The summed E-state index contributed by atoms with van der Waals surface area (Å²) in [5.41, 5.74) is 0.185. The number of rotatable bonds is 5. The number of para-hydroxylation sites is 1. The lowest BCUT2D eigenvalue weighted by molar-refractivity contribution is 0.0835. The van der Waals surface area contributed by atoms with Crippen molar-refractivity contribution < 1.29 is 14.3 Å². The van der Waals surface area contributed by atoms with E-state index >= 15 is 0 Å². The summed E-state index contributed by atoms with van der Waals surface area (Å²) < 4.78 is 5.52. The Morgan fingerprint density at radius 3 is 3.00 bits per heavy atom. The molecule has 2 heterocycles. The third kappa shape index (κ3) is 3.66. The highest BCUT2D eigenvalue weighted by Crippen LogP contribution is 2.16. The third-order valence-corrected chi connectivity index (χ3v) is 4.50. The lowest BCUT2D eigenvalue weighted by atomic mass is 10.0. The van der Waals surface area contributed by atoms with Gasteiger partial charge in [0.2, 0.25) is 0 Å². The summed E-state index contributed by atoms with van der Waals surface area (Å²) in [6.45, 7) is 2.21. The SMILES string of the molecule is O=C(NCCN1CCCCC1CO)c1cc(=O)c2ccccc2o1. The first kappa shape index (κ1) is 16.7. The van der Waals surface area contributed by atoms with Crippen LogP contribution in [-0.4, -0.2) is 48.2 Å². The molecule has 2 N–H and O–H groups in total. The van der Waals surface area contributed by atoms with Gasteiger partial charge in [-0.3, -0.25) is 14.5 Å². The zero-order valence-corrected chi connectivity index (χ0v) is 13.5. The lowest BCUT2D eigenvalue weighted by Crippen LogP contribution is -2.45. The highest BCUT2D eigenvalue weighted by atomic mass is 16.3. The standard InChI is InChI=1S/C18H22N2O4/c21-12-13-5-3-4-9-20(13)10-8-19-18(23)17-11-15(22)14-6-1-2-7-16(14)24-17/h1-2,6-7,11,13,21H,3-5,8-10,12H2,(H,19,23). The Labute approximate surface area is 140 Å². The molecule has 0 aliphatic carbocycles. The molecule has 0 spiro atoms. The van der Waals surface area contributed by atoms with Crippen molar-refractivity contribution in [2.24, 2.45) is 0 Å². The minimum Gasteiger partial charge on any atom is -0.451 e. The quantitative estimate of drug-likeness (QED) is 0.865. The number of aliphatic hydroxyl groups excluding tert-OH is 1. The molecule has 2 aromatic rings. The van der Waals surface area contributed by atoms with Crippen LogP contribution in [0.25, 0.3) is 11.0 Å². The molecule has 1 amide bonds. The van der Waals surface area contributed by atoms with Gasteiger partial charge in [-0.25, -0.2) is 0 Å². The van der Waals surface area contributed by atoms with Gasteiger partial charge >= 0.3 is 0 Å². The van der Waals surface area contributed by atoms with E-state index in [9.17, 15) is 14.7 Å². The first-order valence-corrected chi connectivity index (χ1v) is 8.35. The molecule has 1 aliphatic rings. The van der Waals surface area contributed by atoms with E-state index in [1.54, 1.807) is 24.3 Å². The van der Waals surface area contributed by atoms with Crippen molar-refractivity contribution in [1.82, 2.24) is 10.2 Å². The van der Waals surface area contributed by atoms with E-state index in [1.165, 1.54) is 6.07 Å². The first-order valence-electron chi connectivity index (χ1n) is 8.35. The summed E-state index contributed by atoms with van der Waals surface area (Å²) in [5, 5.41) is 12.7. The zero-order chi connectivity index (χ0) is 16.9. The van der Waals surface area contributed by atoms with Gasteiger partial charge in [0.1, 0.15) is 5.58 Å². The fraction of sp³-hybridized carbons (Fsp3) is 0.444. The topological polar surface area (TPSA) is 82.8 Å². The van der Waals surface area contributed by atoms with Crippen LogP contribution in [0.3, 0.4) is 0 Å². The molecule has 1 aromatic heterocycles. The second-order valence-corrected chi connectivity index (χ2v) is 6.10. The van der Waals surface area contributed by atoms with Gasteiger partial charge in [0, 0.05) is 25.2 Å². The first-order chi connectivity index (χ1) is 11.7. The van der Waals surface area contributed by atoms with Crippen LogP contribution in [0.1, 0.15) is 29.8 Å². The summed E-state index contributed by atoms with van der Waals surface area (Å²) in [6, 6.07) is 8.28. The molecule has 0 radical (unpaired) electrons. The van der Waals surface area contributed by atoms with Crippen LogP contribution in [0.4, 0.5) is 0 Å². The predicted octanol–water partition coefficient (Wildman–Crippen LogP) is 1.37. The number of aliphatic hydroxyl groups is 1. The van der Waals surface area contributed by atoms with Gasteiger partial charge in [-0.05, 0) is 31.5 Å². The van der Waals surface area contributed by atoms with Crippen molar-refractivity contribution in [2.75, 3.05) is 26.2 Å². The van der Waals surface area contributed by atoms with E-state index in [0.717, 1.165) is 25.8 Å². The summed E-state index contributed by atoms with van der Waals surface area (Å²) in [4.78, 5) is 26.4. The number of likely N-dealkylation sites (tertiary alicyclic amines) is 1. The molecule has 1 fully saturated rings. The Bertz CT molecular complexity index is 771. The van der Waals surface area contributed by atoms with E-state index in [4.69, 9.17) is 4.42 Å². The third-order valence-electron chi connectivity index (χ3n) is 4.50. The Hall–Kier alpha value is -2.18. The van der Waals surface area contributed by atoms with Gasteiger partial charge in [0.05, 0.1) is 12.0 Å². The monoisotopic (exact) mass is 330 g/mol. The molecule has 3 rings (SSSR count). The average molecular weight is 330 g/mol. The maximum absolute atomic E-state index is 12.2. The average Bonchev–Trinajstić information content (AvgIpc) is 2.62. The smallest absolute Gasteiger partial charge is 0.287 e. The number of hydrogen-bond acceptors (Lipinski definition) is 5. The predicted molar refractivity (Wildman–Crippen MR) is 91.1 cm³/mol. The van der Waals surface area contributed by atoms with Crippen molar-refractivity contribution in [2.45, 2.75) is 25.3 Å². The van der Waals surface area contributed by atoms with Crippen LogP contribution in [-0.2, 0) is 0 Å². The molecule has 1 unspecified atom stereocenters. The van der Waals surface area contributed by atoms with Crippen LogP contribution in [0.15, 0.2) is 39.5 Å². The van der Waals surface area contributed by atoms with Gasteiger partial charge in [-0.15, -0.1) is 0 Å². The second-order valence-electron chi connectivity index (χ2n) is 6.10. The molecule has 1 atom stereocenters. The Morgan fingerprint density at radius 2 is 2.17 bits per heavy atom. The highest BCUT2D eigenvalue weighted by molar-refractivity contribution is 5.93. The summed E-state index contributed by atoms with van der Waals surface area (Å²) >= 11 is 0. The van der Waals surface area contributed by atoms with E-state index in [-0.39, 0.29) is 23.8 Å². The maximum atomic E-state index is 12.2. The number of carbonyl (C=O) groups is 1. The number of carbonyl (C=O) groups excluding carboxylic acids is 1. The van der Waals surface area contributed by atoms with Crippen LogP contribution in [0, 0.1) is 0 Å². The molecule has 1 aliphatic heterocycles. The van der Waals surface area contributed by atoms with Crippen molar-refractivity contribution >= 4 is 16.9 Å². The lowest BCUT2D eigenvalue weighted by Gasteiger charge is -2.34. The van der Waals surface area contributed by atoms with Gasteiger partial charge in [0.25, 0.3) is 5.91 Å². The van der Waals surface area contributed by atoms with E-state index in [1.807, 2.05) is 0 Å². The maximum Gasteiger partial charge on any atom is 0.287 e. The van der Waals surface area contributed by atoms with Crippen LogP contribution < -0.4 is 10.7 Å². The Morgan fingerprint density at radius 1 is 1.33 bits per heavy atom. The van der Waals surface area contributed by atoms with Gasteiger partial charge in [0.15, 0.2) is 11.2 Å². The van der Waals surface area contributed by atoms with Crippen molar-refractivity contribution in [3.8, 4) is 0 Å². The Kier molecular flexibility index (Phi) is 5.27. The number of amides is 1. The van der Waals surface area contributed by atoms with Crippen LogP contribution in [0.2, 0.25) is 0 Å². The molecule has 6 nitrogen and oxygen atoms in total. The van der Waals surface area contributed by atoms with Crippen LogP contribution >= 0.6 is 0 Å². The molecule has 6 heteroatoms. The fourth-order valence-electron chi connectivity index (χ4n) is 3.18. The fourth-order valence-corrected chi connectivity index (χ4v) is 3.18. The van der Waals surface area contributed by atoms with Gasteiger partial charge in [-0.1, -0.05) is 18.6 Å². The highest BCUT2D eigenvalue weighted by Gasteiger charge is 2.21. The molecular formula is C18H22N2O4. The number of nitrogens with one attached hydrogen (secondary N) is 1. The molecule has 1 saturated heterocycles. The van der Waals surface area contributed by atoms with E-state index in [0.29, 0.717) is 24.1 Å². The van der Waals surface area contributed by atoms with E-state index < -0.39 is 5.91 Å². The largest absolute Gasteiger partial charge is 0.451 e. The number of nitrogens with zero attached hydrogens (tertiary/aromatic N) is 1. The van der Waals surface area contributed by atoms with Gasteiger partial charge in [-0.2, -0.15) is 0 Å². The molecule has 1 aromatic carbocycles. The molecule has 0 saturated carbocycles. The summed E-state index contributed by atoms with van der Waals surface area (Å²) in [6.07, 6.45) is 3.24. The van der Waals surface area contributed by atoms with Crippen molar-refractivity contribution in [3.63, 3.8) is 0 Å². The number of piperidine rings is 1. The number of hydrogen-bond donors (Lipinski definition) is 2. The van der Waals surface area contributed by atoms with Crippen molar-refractivity contribution in [3.05, 3.63) is 46.3 Å². The minimum absolute atomic E-state index is 0.0241. The Balaban J connectivity index is 1.62. The minimum atomic E-state index is -0.393. The van der Waals surface area contributed by atoms with Crippen LogP contribution in [0.5, 0.6) is 0 Å². The number of fused-ring (bicyclic) bond motifs is 1. The zero-order valence-electron chi connectivity index (χ0n) is 13.5. The number of benzene rings is 1. The molecular weight excluding hydrogens is 308 g/mol. The molecule has 128 valence electrons. The molecule has 0 bridgehead atoms. The molecule has 24 heavy (non-hydrogen) atoms. The summed E-state index contributed by atoms with van der Waals surface area (Å²) in [5.74, 6) is -0.369. The van der Waals surface area contributed by atoms with Gasteiger partial charge < -0.3 is 14.8 Å². The van der Waals surface area contributed by atoms with Crippen molar-refractivity contribution in [1.29, 1.82) is 0 Å². The summed E-state index contributed by atoms with van der Waals surface area (Å²) in [7, 11) is 0. The normalized spacial score (nSPS) is 18.6. The van der Waals surface area contributed by atoms with E-state index in [2.05, 4.69) is 10.2 Å².